The van der Waals surface area contributed by atoms with Crippen molar-refractivity contribution in [2.24, 2.45) is 7.05 Å². The average molecular weight is 311 g/mol. The van der Waals surface area contributed by atoms with Gasteiger partial charge >= 0.3 is 0 Å². The molecule has 0 saturated heterocycles. The van der Waals surface area contributed by atoms with E-state index >= 15 is 0 Å². The van der Waals surface area contributed by atoms with E-state index in [-0.39, 0.29) is 6.61 Å². The van der Waals surface area contributed by atoms with E-state index in [2.05, 4.69) is 5.10 Å². The van der Waals surface area contributed by atoms with Gasteiger partial charge in [-0.2, -0.15) is 5.10 Å². The molecule has 2 rings (SSSR count). The summed E-state index contributed by atoms with van der Waals surface area (Å²) in [6, 6.07) is 5.31. The van der Waals surface area contributed by atoms with Gasteiger partial charge in [0, 0.05) is 7.05 Å². The molecule has 0 spiro atoms. The Morgan fingerprint density at radius 1 is 1.33 bits per heavy atom. The number of rotatable bonds is 6. The Kier molecular flexibility index (Phi) is 5.09. The van der Waals surface area contributed by atoms with Crippen LogP contribution in [0.4, 0.5) is 0 Å². The largest absolute Gasteiger partial charge is 0.493 e. The Hall–Kier alpha value is -1.72. The molecule has 21 heavy (non-hydrogen) atoms. The first-order valence-electron chi connectivity index (χ1n) is 6.71. The van der Waals surface area contributed by atoms with E-state index in [0.29, 0.717) is 23.1 Å². The number of aromatic nitrogens is 2. The zero-order chi connectivity index (χ0) is 15.4. The number of ether oxygens (including phenoxy) is 2. The standard InChI is InChI=1S/C15H19ClN2O3/c1-4-11-15(16)12(18(2)17-11)9-21-13-6-5-10(8-19)7-14(13)20-3/h5-7,19H,4,8-9H2,1-3H3. The highest BCUT2D eigenvalue weighted by Gasteiger charge is 2.14. The van der Waals surface area contributed by atoms with Crippen LogP contribution in [0.15, 0.2) is 18.2 Å². The van der Waals surface area contributed by atoms with Gasteiger partial charge in [0.25, 0.3) is 0 Å². The summed E-state index contributed by atoms with van der Waals surface area (Å²) in [5.74, 6) is 1.18. The molecule has 0 amide bonds. The van der Waals surface area contributed by atoms with Crippen molar-refractivity contribution in [1.29, 1.82) is 0 Å². The molecule has 0 unspecified atom stereocenters. The Labute approximate surface area is 129 Å². The van der Waals surface area contributed by atoms with Crippen LogP contribution < -0.4 is 9.47 Å². The van der Waals surface area contributed by atoms with Crippen molar-refractivity contribution >= 4 is 11.6 Å². The van der Waals surface area contributed by atoms with Crippen molar-refractivity contribution in [2.45, 2.75) is 26.6 Å². The van der Waals surface area contributed by atoms with Gasteiger partial charge in [0.1, 0.15) is 6.61 Å². The maximum Gasteiger partial charge on any atom is 0.161 e. The second-order valence-corrected chi connectivity index (χ2v) is 4.99. The molecule has 114 valence electrons. The van der Waals surface area contributed by atoms with E-state index < -0.39 is 0 Å². The minimum atomic E-state index is -0.0376. The number of benzene rings is 1. The fraction of sp³-hybridized carbons (Fsp3) is 0.400. The molecule has 0 fully saturated rings. The molecule has 0 radical (unpaired) electrons. The molecule has 1 N–H and O–H groups in total. The molecule has 1 aromatic heterocycles. The normalized spacial score (nSPS) is 10.7. The second kappa shape index (κ2) is 6.83. The fourth-order valence-corrected chi connectivity index (χ4v) is 2.40. The molecule has 2 aromatic rings. The first kappa shape index (κ1) is 15.7. The van der Waals surface area contributed by atoms with Crippen LogP contribution in [0.2, 0.25) is 5.02 Å². The summed E-state index contributed by atoms with van der Waals surface area (Å²) in [4.78, 5) is 0. The number of methoxy groups -OCH3 is 1. The van der Waals surface area contributed by atoms with Crippen molar-refractivity contribution in [3.63, 3.8) is 0 Å². The van der Waals surface area contributed by atoms with Crippen molar-refractivity contribution in [1.82, 2.24) is 9.78 Å². The lowest BCUT2D eigenvalue weighted by Gasteiger charge is -2.12. The van der Waals surface area contributed by atoms with Crippen molar-refractivity contribution in [3.8, 4) is 11.5 Å². The molecule has 5 nitrogen and oxygen atoms in total. The van der Waals surface area contributed by atoms with Crippen LogP contribution >= 0.6 is 11.6 Å². The number of nitrogens with zero attached hydrogens (tertiary/aromatic N) is 2. The predicted octanol–water partition coefficient (Wildman–Crippen LogP) is 2.72. The lowest BCUT2D eigenvalue weighted by Crippen LogP contribution is -2.04. The Morgan fingerprint density at radius 2 is 2.10 bits per heavy atom. The van der Waals surface area contributed by atoms with Crippen LogP contribution in [0, 0.1) is 0 Å². The number of aliphatic hydroxyl groups is 1. The molecular weight excluding hydrogens is 292 g/mol. The first-order chi connectivity index (χ1) is 10.1. The minimum Gasteiger partial charge on any atom is -0.493 e. The molecule has 0 bridgehead atoms. The van der Waals surface area contributed by atoms with Gasteiger partial charge in [-0.3, -0.25) is 4.68 Å². The van der Waals surface area contributed by atoms with Crippen molar-refractivity contribution in [2.75, 3.05) is 7.11 Å². The molecule has 6 heteroatoms. The molecule has 0 aliphatic heterocycles. The van der Waals surface area contributed by atoms with Crippen LogP contribution in [-0.4, -0.2) is 22.0 Å². The first-order valence-corrected chi connectivity index (χ1v) is 7.09. The molecule has 0 saturated carbocycles. The highest BCUT2D eigenvalue weighted by atomic mass is 35.5. The van der Waals surface area contributed by atoms with E-state index in [1.807, 2.05) is 14.0 Å². The van der Waals surface area contributed by atoms with Crippen molar-refractivity contribution in [3.05, 3.63) is 40.2 Å². The van der Waals surface area contributed by atoms with E-state index in [1.54, 1.807) is 30.0 Å². The third kappa shape index (κ3) is 3.31. The Bertz CT molecular complexity index is 626. The number of hydrogen-bond acceptors (Lipinski definition) is 4. The average Bonchev–Trinajstić information content (AvgIpc) is 2.79. The Morgan fingerprint density at radius 3 is 2.67 bits per heavy atom. The predicted molar refractivity (Wildman–Crippen MR) is 80.8 cm³/mol. The summed E-state index contributed by atoms with van der Waals surface area (Å²) in [5.41, 5.74) is 2.45. The molecule has 0 aliphatic rings. The van der Waals surface area contributed by atoms with Crippen molar-refractivity contribution < 1.29 is 14.6 Å². The number of hydrogen-bond donors (Lipinski definition) is 1. The van der Waals surface area contributed by atoms with Gasteiger partial charge in [-0.1, -0.05) is 24.6 Å². The monoisotopic (exact) mass is 310 g/mol. The lowest BCUT2D eigenvalue weighted by molar-refractivity contribution is 0.270. The summed E-state index contributed by atoms with van der Waals surface area (Å²) < 4.78 is 12.8. The summed E-state index contributed by atoms with van der Waals surface area (Å²) >= 11 is 6.29. The smallest absolute Gasteiger partial charge is 0.161 e. The molecular formula is C15H19ClN2O3. The van der Waals surface area contributed by atoms with E-state index in [9.17, 15) is 0 Å². The van der Waals surface area contributed by atoms with Gasteiger partial charge in [0.15, 0.2) is 11.5 Å². The van der Waals surface area contributed by atoms with Gasteiger partial charge in [-0.05, 0) is 24.1 Å². The van der Waals surface area contributed by atoms with Gasteiger partial charge in [-0.25, -0.2) is 0 Å². The molecule has 0 aliphatic carbocycles. The lowest BCUT2D eigenvalue weighted by atomic mass is 10.2. The van der Waals surface area contributed by atoms with Gasteiger partial charge in [0.2, 0.25) is 0 Å². The highest BCUT2D eigenvalue weighted by Crippen LogP contribution is 2.30. The minimum absolute atomic E-state index is 0.0376. The van der Waals surface area contributed by atoms with Gasteiger partial charge in [0.05, 0.1) is 30.1 Å². The molecule has 1 heterocycles. The maximum atomic E-state index is 9.13. The van der Waals surface area contributed by atoms with Crippen LogP contribution in [0.25, 0.3) is 0 Å². The maximum absolute atomic E-state index is 9.13. The SMILES string of the molecule is CCc1nn(C)c(COc2ccc(CO)cc2OC)c1Cl. The van der Waals surface area contributed by atoms with E-state index in [4.69, 9.17) is 26.2 Å². The zero-order valence-electron chi connectivity index (χ0n) is 12.4. The summed E-state index contributed by atoms with van der Waals surface area (Å²) in [5, 5.41) is 14.1. The van der Waals surface area contributed by atoms with Crippen LogP contribution in [0.1, 0.15) is 23.9 Å². The van der Waals surface area contributed by atoms with E-state index in [0.717, 1.165) is 23.4 Å². The number of aryl methyl sites for hydroxylation is 2. The zero-order valence-corrected chi connectivity index (χ0v) is 13.1. The third-order valence-corrected chi connectivity index (χ3v) is 3.71. The van der Waals surface area contributed by atoms with Crippen LogP contribution in [0.3, 0.4) is 0 Å². The topological polar surface area (TPSA) is 56.5 Å². The Balaban J connectivity index is 2.18. The summed E-state index contributed by atoms with van der Waals surface area (Å²) in [7, 11) is 3.41. The third-order valence-electron chi connectivity index (χ3n) is 3.28. The molecule has 1 aromatic carbocycles. The van der Waals surface area contributed by atoms with Crippen LogP contribution in [0.5, 0.6) is 11.5 Å². The van der Waals surface area contributed by atoms with Gasteiger partial charge in [-0.15, -0.1) is 0 Å². The summed E-state index contributed by atoms with van der Waals surface area (Å²) in [6.07, 6.45) is 0.779. The fourth-order valence-electron chi connectivity index (χ4n) is 2.05. The molecule has 0 atom stereocenters. The summed E-state index contributed by atoms with van der Waals surface area (Å²) in [6.45, 7) is 2.27. The quantitative estimate of drug-likeness (QED) is 0.891. The number of halogens is 1. The number of aliphatic hydroxyl groups excluding tert-OH is 1. The van der Waals surface area contributed by atoms with Crippen LogP contribution in [-0.2, 0) is 26.7 Å². The highest BCUT2D eigenvalue weighted by molar-refractivity contribution is 6.31. The van der Waals surface area contributed by atoms with Gasteiger partial charge < -0.3 is 14.6 Å². The second-order valence-electron chi connectivity index (χ2n) is 4.62. The van der Waals surface area contributed by atoms with E-state index in [1.165, 1.54) is 0 Å².